The average Bonchev–Trinajstić information content (AvgIpc) is 2.14. The molecule has 1 nitrogen and oxygen atoms in total. The second-order valence-electron chi connectivity index (χ2n) is 3.14. The molecule has 1 aromatic rings. The molecule has 2 heteroatoms. The summed E-state index contributed by atoms with van der Waals surface area (Å²) in [5, 5.41) is 0. The molecule has 0 aliphatic heterocycles. The number of allylic oxidation sites excluding steroid dienone is 2. The lowest BCUT2D eigenvalue weighted by Crippen LogP contribution is -1.99. The molecule has 2 N–H and O–H groups in total. The summed E-state index contributed by atoms with van der Waals surface area (Å²) in [5.41, 5.74) is 8.92. The van der Waals surface area contributed by atoms with Gasteiger partial charge in [0.05, 0.1) is 0 Å². The van der Waals surface area contributed by atoms with Crippen molar-refractivity contribution in [2.24, 2.45) is 0 Å². The normalized spacial score (nSPS) is 9.71. The van der Waals surface area contributed by atoms with E-state index >= 15 is 0 Å². The third-order valence-corrected chi connectivity index (χ3v) is 2.29. The van der Waals surface area contributed by atoms with E-state index in [0.29, 0.717) is 0 Å². The fourth-order valence-corrected chi connectivity index (χ4v) is 1.68. The Balaban J connectivity index is 3.16. The maximum absolute atomic E-state index is 5.98. The molecule has 0 aliphatic carbocycles. The van der Waals surface area contributed by atoms with E-state index in [9.17, 15) is 0 Å². The lowest BCUT2D eigenvalue weighted by atomic mass is 10.0. The standard InChI is InChI=1S/C12H14NS/c1-3-5-9-7-11(14)8-10(6-4-2)12(9)13/h3-4,7-8H,1-2,5-6,13H2. The van der Waals surface area contributed by atoms with Gasteiger partial charge in [-0.15, -0.1) is 13.2 Å². The molecule has 0 amide bonds. The average molecular weight is 204 g/mol. The van der Waals surface area contributed by atoms with Gasteiger partial charge in [-0.3, -0.25) is 0 Å². The van der Waals surface area contributed by atoms with Crippen molar-refractivity contribution in [1.82, 2.24) is 0 Å². The Morgan fingerprint density at radius 3 is 1.93 bits per heavy atom. The fraction of sp³-hybridized carbons (Fsp3) is 0.167. The van der Waals surface area contributed by atoms with Gasteiger partial charge in [-0.1, -0.05) is 24.8 Å². The molecule has 0 aromatic heterocycles. The van der Waals surface area contributed by atoms with Crippen LogP contribution in [-0.4, -0.2) is 0 Å². The summed E-state index contributed by atoms with van der Waals surface area (Å²) in [4.78, 5) is 0.827. The molecule has 73 valence electrons. The molecule has 1 radical (unpaired) electrons. The lowest BCUT2D eigenvalue weighted by molar-refractivity contribution is 1.18. The Bertz CT molecular complexity index is 324. The van der Waals surface area contributed by atoms with Crippen LogP contribution >= 0.6 is 12.6 Å². The predicted octanol–water partition coefficient (Wildman–Crippen LogP) is 3.28. The highest BCUT2D eigenvalue weighted by Crippen LogP contribution is 2.23. The van der Waals surface area contributed by atoms with Crippen LogP contribution in [0.3, 0.4) is 0 Å². The van der Waals surface area contributed by atoms with Gasteiger partial charge in [0.15, 0.2) is 0 Å². The third-order valence-electron chi connectivity index (χ3n) is 2.05. The van der Waals surface area contributed by atoms with Crippen molar-refractivity contribution >= 4 is 18.3 Å². The first kappa shape index (κ1) is 10.8. The molecular weight excluding hydrogens is 190 g/mol. The van der Waals surface area contributed by atoms with Crippen LogP contribution in [0.2, 0.25) is 0 Å². The Kier molecular flexibility index (Phi) is 3.72. The van der Waals surface area contributed by atoms with E-state index in [4.69, 9.17) is 18.4 Å². The van der Waals surface area contributed by atoms with Crippen LogP contribution in [0.5, 0.6) is 0 Å². The van der Waals surface area contributed by atoms with Crippen molar-refractivity contribution < 1.29 is 0 Å². The molecule has 14 heavy (non-hydrogen) atoms. The highest BCUT2D eigenvalue weighted by Gasteiger charge is 2.04. The van der Waals surface area contributed by atoms with Gasteiger partial charge < -0.3 is 5.73 Å². The minimum atomic E-state index is 0.764. The van der Waals surface area contributed by atoms with E-state index in [-0.39, 0.29) is 0 Å². The molecule has 1 aromatic carbocycles. The van der Waals surface area contributed by atoms with Crippen LogP contribution < -0.4 is 5.73 Å². The topological polar surface area (TPSA) is 26.0 Å². The molecule has 0 heterocycles. The number of hydrogen-bond acceptors (Lipinski definition) is 1. The smallest absolute Gasteiger partial charge is 0.0386 e. The highest BCUT2D eigenvalue weighted by atomic mass is 32.1. The van der Waals surface area contributed by atoms with Gasteiger partial charge in [0, 0.05) is 10.6 Å². The maximum atomic E-state index is 5.98. The first-order valence-electron chi connectivity index (χ1n) is 4.49. The monoisotopic (exact) mass is 204 g/mol. The lowest BCUT2D eigenvalue weighted by Gasteiger charge is -2.09. The maximum Gasteiger partial charge on any atom is 0.0386 e. The third kappa shape index (κ3) is 2.36. The number of nitrogen functional groups attached to an aromatic ring is 1. The first-order valence-corrected chi connectivity index (χ1v) is 4.90. The highest BCUT2D eigenvalue weighted by molar-refractivity contribution is 7.80. The molecule has 0 saturated heterocycles. The van der Waals surface area contributed by atoms with Crippen LogP contribution in [0, 0.1) is 0 Å². The molecule has 0 aliphatic rings. The summed E-state index contributed by atoms with van der Waals surface area (Å²) >= 11 is 5.15. The van der Waals surface area contributed by atoms with E-state index in [1.165, 1.54) is 0 Å². The predicted molar refractivity (Wildman–Crippen MR) is 64.5 cm³/mol. The number of benzene rings is 1. The van der Waals surface area contributed by atoms with E-state index in [1.54, 1.807) is 0 Å². The van der Waals surface area contributed by atoms with Gasteiger partial charge >= 0.3 is 0 Å². The van der Waals surface area contributed by atoms with Crippen LogP contribution in [-0.2, 0) is 12.8 Å². The van der Waals surface area contributed by atoms with E-state index in [2.05, 4.69) is 13.2 Å². The number of rotatable bonds is 4. The van der Waals surface area contributed by atoms with Crippen LogP contribution in [0.25, 0.3) is 0 Å². The van der Waals surface area contributed by atoms with Crippen molar-refractivity contribution in [1.29, 1.82) is 0 Å². The number of nitrogens with two attached hydrogens (primary N) is 1. The SMILES string of the molecule is C=CCc1cc([S])cc(CC=C)c1N. The van der Waals surface area contributed by atoms with E-state index in [1.807, 2.05) is 24.3 Å². The summed E-state index contributed by atoms with van der Waals surface area (Å²) in [6.45, 7) is 7.39. The van der Waals surface area contributed by atoms with Gasteiger partial charge in [-0.2, -0.15) is 0 Å². The van der Waals surface area contributed by atoms with Crippen molar-refractivity contribution in [3.8, 4) is 0 Å². The minimum Gasteiger partial charge on any atom is -0.398 e. The largest absolute Gasteiger partial charge is 0.398 e. The first-order chi connectivity index (χ1) is 6.69. The van der Waals surface area contributed by atoms with Crippen molar-refractivity contribution in [2.45, 2.75) is 17.7 Å². The van der Waals surface area contributed by atoms with Gasteiger partial charge in [-0.25, -0.2) is 0 Å². The zero-order valence-electron chi connectivity index (χ0n) is 8.12. The zero-order chi connectivity index (χ0) is 10.6. The number of anilines is 1. The summed E-state index contributed by atoms with van der Waals surface area (Å²) in [6, 6.07) is 3.86. The molecule has 0 bridgehead atoms. The fourth-order valence-electron chi connectivity index (χ4n) is 1.40. The molecule has 0 atom stereocenters. The minimum absolute atomic E-state index is 0.764. The molecule has 1 rings (SSSR count). The van der Waals surface area contributed by atoms with Gasteiger partial charge in [0.1, 0.15) is 0 Å². The van der Waals surface area contributed by atoms with Crippen molar-refractivity contribution in [2.75, 3.05) is 5.73 Å². The van der Waals surface area contributed by atoms with Crippen LogP contribution in [0.4, 0.5) is 5.69 Å². The number of hydrogen-bond donors (Lipinski definition) is 1. The Morgan fingerprint density at radius 1 is 1.14 bits per heavy atom. The molecular formula is C12H14NS. The second kappa shape index (κ2) is 4.82. The van der Waals surface area contributed by atoms with Gasteiger partial charge in [0.25, 0.3) is 0 Å². The summed E-state index contributed by atoms with van der Waals surface area (Å²) in [5.74, 6) is 0. The Morgan fingerprint density at radius 2 is 1.57 bits per heavy atom. The Hall–Kier alpha value is -1.28. The van der Waals surface area contributed by atoms with Gasteiger partial charge in [-0.05, 0) is 36.1 Å². The molecule has 0 spiro atoms. The molecule has 0 unspecified atom stereocenters. The Labute approximate surface area is 90.7 Å². The van der Waals surface area contributed by atoms with Crippen molar-refractivity contribution in [3.63, 3.8) is 0 Å². The van der Waals surface area contributed by atoms with Gasteiger partial charge in [0.2, 0.25) is 0 Å². The summed E-state index contributed by atoms with van der Waals surface area (Å²) < 4.78 is 0. The van der Waals surface area contributed by atoms with Crippen molar-refractivity contribution in [3.05, 3.63) is 48.6 Å². The summed E-state index contributed by atoms with van der Waals surface area (Å²) in [7, 11) is 0. The second-order valence-corrected chi connectivity index (χ2v) is 3.61. The van der Waals surface area contributed by atoms with E-state index in [0.717, 1.165) is 34.6 Å². The molecule has 0 saturated carbocycles. The zero-order valence-corrected chi connectivity index (χ0v) is 8.94. The quantitative estimate of drug-likeness (QED) is 0.591. The van der Waals surface area contributed by atoms with E-state index < -0.39 is 0 Å². The summed E-state index contributed by atoms with van der Waals surface area (Å²) in [6.07, 6.45) is 5.19. The van der Waals surface area contributed by atoms with Crippen LogP contribution in [0.1, 0.15) is 11.1 Å². The molecule has 0 fully saturated rings. The van der Waals surface area contributed by atoms with Crippen LogP contribution in [0.15, 0.2) is 42.3 Å².